The van der Waals surface area contributed by atoms with Crippen LogP contribution >= 0.6 is 0 Å². The Labute approximate surface area is 202 Å². The fourth-order valence-electron chi connectivity index (χ4n) is 4.99. The van der Waals surface area contributed by atoms with Crippen molar-refractivity contribution in [2.75, 3.05) is 18.4 Å². The van der Waals surface area contributed by atoms with Crippen molar-refractivity contribution in [3.8, 4) is 22.5 Å². The van der Waals surface area contributed by atoms with Gasteiger partial charge in [0.25, 0.3) is 0 Å². The van der Waals surface area contributed by atoms with Crippen molar-refractivity contribution >= 4 is 5.82 Å². The lowest BCUT2D eigenvalue weighted by molar-refractivity contribution is 0.438. The van der Waals surface area contributed by atoms with Gasteiger partial charge in [-0.2, -0.15) is 0 Å². The van der Waals surface area contributed by atoms with E-state index in [1.165, 1.54) is 17.0 Å². The normalized spacial score (nSPS) is 15.3. The van der Waals surface area contributed by atoms with Crippen LogP contribution in [0.25, 0.3) is 22.5 Å². The highest BCUT2D eigenvalue weighted by Crippen LogP contribution is 2.37. The van der Waals surface area contributed by atoms with Crippen LogP contribution in [-0.2, 0) is 7.05 Å². The van der Waals surface area contributed by atoms with Crippen LogP contribution in [0.2, 0.25) is 0 Å². The van der Waals surface area contributed by atoms with E-state index in [-0.39, 0.29) is 6.04 Å². The van der Waals surface area contributed by atoms with E-state index < -0.39 is 0 Å². The lowest BCUT2D eigenvalue weighted by Crippen LogP contribution is -2.27. The Bertz CT molecular complexity index is 1250. The number of nitrogens with one attached hydrogen (secondary N) is 2. The van der Waals surface area contributed by atoms with Crippen molar-refractivity contribution in [3.05, 3.63) is 89.9 Å². The van der Waals surface area contributed by atoms with Crippen LogP contribution in [0.3, 0.4) is 0 Å². The Morgan fingerprint density at radius 1 is 0.971 bits per heavy atom. The van der Waals surface area contributed by atoms with Crippen LogP contribution in [0.5, 0.6) is 0 Å². The van der Waals surface area contributed by atoms with Crippen molar-refractivity contribution in [1.29, 1.82) is 0 Å². The van der Waals surface area contributed by atoms with Gasteiger partial charge in [-0.05, 0) is 63.5 Å². The van der Waals surface area contributed by atoms with E-state index >= 15 is 0 Å². The second kappa shape index (κ2) is 9.82. The minimum absolute atomic E-state index is 0.164. The molecule has 0 spiro atoms. The van der Waals surface area contributed by atoms with Crippen LogP contribution in [0.4, 0.5) is 5.82 Å². The van der Waals surface area contributed by atoms with Gasteiger partial charge in [-0.25, -0.2) is 9.97 Å². The Hall–Kier alpha value is -3.44. The summed E-state index contributed by atoms with van der Waals surface area (Å²) in [7, 11) is 2.17. The topological polar surface area (TPSA) is 54.8 Å². The zero-order valence-electron chi connectivity index (χ0n) is 20.3. The molecule has 34 heavy (non-hydrogen) atoms. The number of piperidine rings is 1. The number of hydrogen-bond donors (Lipinski definition) is 2. The van der Waals surface area contributed by atoms with Gasteiger partial charge in [0.1, 0.15) is 11.6 Å². The molecule has 0 aliphatic carbocycles. The molecule has 1 fully saturated rings. The molecule has 0 amide bonds. The molecule has 0 unspecified atom stereocenters. The summed E-state index contributed by atoms with van der Waals surface area (Å²) in [6.07, 6.45) is 4.14. The van der Waals surface area contributed by atoms with Gasteiger partial charge in [-0.1, -0.05) is 54.1 Å². The van der Waals surface area contributed by atoms with Crippen LogP contribution < -0.4 is 10.6 Å². The largest absolute Gasteiger partial charge is 0.364 e. The molecule has 5 heteroatoms. The first-order valence-electron chi connectivity index (χ1n) is 12.2. The van der Waals surface area contributed by atoms with E-state index in [9.17, 15) is 0 Å². The SMILES string of the molecule is Cc1cccc(-c2nc(C3CCNCC3)n(C)c2-c2ccnc(N[C@@H](C)c3ccccc3)c2)c1. The van der Waals surface area contributed by atoms with Crippen molar-refractivity contribution < 1.29 is 0 Å². The van der Waals surface area contributed by atoms with E-state index in [1.54, 1.807) is 0 Å². The Morgan fingerprint density at radius 3 is 2.53 bits per heavy atom. The summed E-state index contributed by atoms with van der Waals surface area (Å²) in [6, 6.07) is 23.6. The number of pyridine rings is 1. The maximum atomic E-state index is 5.25. The Kier molecular flexibility index (Phi) is 6.45. The fourth-order valence-corrected chi connectivity index (χ4v) is 4.99. The molecule has 1 aliphatic heterocycles. The van der Waals surface area contributed by atoms with E-state index in [0.717, 1.165) is 54.3 Å². The molecule has 5 rings (SSSR count). The average Bonchev–Trinajstić information content (AvgIpc) is 3.22. The quantitative estimate of drug-likeness (QED) is 0.372. The van der Waals surface area contributed by atoms with Crippen LogP contribution in [0, 0.1) is 6.92 Å². The molecule has 5 nitrogen and oxygen atoms in total. The molecule has 1 atom stereocenters. The summed E-state index contributed by atoms with van der Waals surface area (Å²) in [4.78, 5) is 9.88. The summed E-state index contributed by atoms with van der Waals surface area (Å²) in [5.41, 5.74) is 6.97. The lowest BCUT2D eigenvalue weighted by atomic mass is 9.97. The number of anilines is 1. The number of benzene rings is 2. The minimum atomic E-state index is 0.164. The second-order valence-electron chi connectivity index (χ2n) is 9.33. The molecule has 0 saturated carbocycles. The van der Waals surface area contributed by atoms with E-state index in [1.807, 2.05) is 12.3 Å². The maximum absolute atomic E-state index is 5.25. The first-order chi connectivity index (χ1) is 16.6. The fraction of sp³-hybridized carbons (Fsp3) is 0.310. The van der Waals surface area contributed by atoms with E-state index in [4.69, 9.17) is 4.98 Å². The predicted molar refractivity (Wildman–Crippen MR) is 140 cm³/mol. The van der Waals surface area contributed by atoms with Crippen LogP contribution in [0.1, 0.15) is 48.7 Å². The smallest absolute Gasteiger partial charge is 0.127 e. The molecule has 174 valence electrons. The summed E-state index contributed by atoms with van der Waals surface area (Å²) in [6.45, 7) is 6.40. The summed E-state index contributed by atoms with van der Waals surface area (Å²) >= 11 is 0. The molecule has 2 aromatic carbocycles. The van der Waals surface area contributed by atoms with Gasteiger partial charge in [0.2, 0.25) is 0 Å². The minimum Gasteiger partial charge on any atom is -0.364 e. The first-order valence-corrected chi connectivity index (χ1v) is 12.2. The third-order valence-corrected chi connectivity index (χ3v) is 6.82. The molecule has 2 N–H and O–H groups in total. The molecule has 0 radical (unpaired) electrons. The molecule has 3 heterocycles. The number of nitrogens with zero attached hydrogens (tertiary/aromatic N) is 3. The molecule has 4 aromatic rings. The zero-order chi connectivity index (χ0) is 23.5. The van der Waals surface area contributed by atoms with Crippen molar-refractivity contribution in [2.45, 2.75) is 38.6 Å². The number of aryl methyl sites for hydroxylation is 1. The van der Waals surface area contributed by atoms with E-state index in [0.29, 0.717) is 5.92 Å². The lowest BCUT2D eigenvalue weighted by Gasteiger charge is -2.22. The van der Waals surface area contributed by atoms with Gasteiger partial charge in [0, 0.05) is 36.3 Å². The first kappa shape index (κ1) is 22.4. The van der Waals surface area contributed by atoms with Gasteiger partial charge in [0.05, 0.1) is 11.4 Å². The highest BCUT2D eigenvalue weighted by molar-refractivity contribution is 5.80. The van der Waals surface area contributed by atoms with Crippen molar-refractivity contribution in [3.63, 3.8) is 0 Å². The van der Waals surface area contributed by atoms with Gasteiger partial charge in [0.15, 0.2) is 0 Å². The van der Waals surface area contributed by atoms with Gasteiger partial charge < -0.3 is 15.2 Å². The monoisotopic (exact) mass is 451 g/mol. The Morgan fingerprint density at radius 2 is 1.76 bits per heavy atom. The van der Waals surface area contributed by atoms with Gasteiger partial charge >= 0.3 is 0 Å². The van der Waals surface area contributed by atoms with Crippen molar-refractivity contribution in [1.82, 2.24) is 19.9 Å². The van der Waals surface area contributed by atoms with Crippen molar-refractivity contribution in [2.24, 2.45) is 7.05 Å². The van der Waals surface area contributed by atoms with Crippen LogP contribution in [0.15, 0.2) is 72.9 Å². The molecule has 0 bridgehead atoms. The van der Waals surface area contributed by atoms with E-state index in [2.05, 4.69) is 102 Å². The summed E-state index contributed by atoms with van der Waals surface area (Å²) in [5.74, 6) is 2.52. The number of rotatable bonds is 6. The third kappa shape index (κ3) is 4.62. The second-order valence-corrected chi connectivity index (χ2v) is 9.33. The third-order valence-electron chi connectivity index (χ3n) is 6.82. The summed E-state index contributed by atoms with van der Waals surface area (Å²) in [5, 5.41) is 7.06. The highest BCUT2D eigenvalue weighted by Gasteiger charge is 2.25. The zero-order valence-corrected chi connectivity index (χ0v) is 20.3. The molecule has 2 aromatic heterocycles. The molecule has 1 saturated heterocycles. The standard InChI is InChI=1S/C29H33N5/c1-20-8-7-11-24(18-20)27-28(34(3)29(33-27)23-12-15-30-16-13-23)25-14-17-31-26(19-25)32-21(2)22-9-5-4-6-10-22/h4-11,14,17-19,21,23,30H,12-13,15-16H2,1-3H3,(H,31,32)/t21-/m0/s1. The average molecular weight is 452 g/mol. The molecule has 1 aliphatic rings. The summed E-state index contributed by atoms with van der Waals surface area (Å²) < 4.78 is 2.31. The molecular weight excluding hydrogens is 418 g/mol. The Balaban J connectivity index is 1.56. The van der Waals surface area contributed by atoms with Gasteiger partial charge in [-0.3, -0.25) is 0 Å². The number of hydrogen-bond acceptors (Lipinski definition) is 4. The number of imidazole rings is 1. The molecular formula is C29H33N5. The van der Waals surface area contributed by atoms with Crippen LogP contribution in [-0.4, -0.2) is 27.6 Å². The van der Waals surface area contributed by atoms with Gasteiger partial charge in [-0.15, -0.1) is 0 Å². The maximum Gasteiger partial charge on any atom is 0.127 e. The number of aromatic nitrogens is 3. The predicted octanol–water partition coefficient (Wildman–Crippen LogP) is 6.10. The highest BCUT2D eigenvalue weighted by atomic mass is 15.1.